The second-order valence-electron chi connectivity index (χ2n) is 8.59. The minimum Gasteiger partial charge on any atom is -0.399 e. The maximum absolute atomic E-state index is 12.9. The smallest absolute Gasteiger partial charge is 0.399 e. The molecule has 0 bridgehead atoms. The van der Waals surface area contributed by atoms with Crippen LogP contribution in [-0.2, 0) is 25.9 Å². The largest absolute Gasteiger partial charge is 0.495 e. The van der Waals surface area contributed by atoms with Gasteiger partial charge in [0.15, 0.2) is 0 Å². The van der Waals surface area contributed by atoms with E-state index in [0.717, 1.165) is 11.0 Å². The van der Waals surface area contributed by atoms with Gasteiger partial charge in [0.25, 0.3) is 0 Å². The van der Waals surface area contributed by atoms with Crippen LogP contribution in [0.15, 0.2) is 23.1 Å². The molecule has 0 unspecified atom stereocenters. The van der Waals surface area contributed by atoms with Gasteiger partial charge in [-0.2, -0.15) is 4.31 Å². The highest BCUT2D eigenvalue weighted by Crippen LogP contribution is 2.39. The molecule has 0 aromatic heterocycles. The van der Waals surface area contributed by atoms with Crippen LogP contribution in [0.2, 0.25) is 0 Å². The predicted octanol–water partition coefficient (Wildman–Crippen LogP) is 2.29. The van der Waals surface area contributed by atoms with E-state index in [4.69, 9.17) is 9.31 Å². The molecule has 0 atom stereocenters. The van der Waals surface area contributed by atoms with Crippen molar-refractivity contribution in [2.24, 2.45) is 0 Å². The quantitative estimate of drug-likeness (QED) is 0.729. The molecule has 0 N–H and O–H groups in total. The Morgan fingerprint density at radius 2 is 1.62 bits per heavy atom. The summed E-state index contributed by atoms with van der Waals surface area (Å²) in [7, 11) is -4.05. The molecule has 132 valence electrons. The summed E-state index contributed by atoms with van der Waals surface area (Å²) in [6.45, 7) is 14.0. The molecule has 2 heterocycles. The highest BCUT2D eigenvalue weighted by atomic mass is 32.2. The van der Waals surface area contributed by atoms with Crippen LogP contribution in [0.1, 0.15) is 54.0 Å². The molecule has 0 amide bonds. The van der Waals surface area contributed by atoms with Gasteiger partial charge in [0.1, 0.15) is 0 Å². The molecule has 1 fully saturated rings. The zero-order valence-corrected chi connectivity index (χ0v) is 16.3. The predicted molar refractivity (Wildman–Crippen MR) is 94.6 cm³/mol. The molecule has 1 saturated heterocycles. The molecule has 0 radical (unpaired) electrons. The third kappa shape index (κ3) is 2.53. The maximum Gasteiger partial charge on any atom is 0.495 e. The van der Waals surface area contributed by atoms with Crippen molar-refractivity contribution in [3.63, 3.8) is 0 Å². The van der Waals surface area contributed by atoms with Crippen LogP contribution in [0.5, 0.6) is 0 Å². The number of hydrogen-bond donors (Lipinski definition) is 0. The van der Waals surface area contributed by atoms with Crippen molar-refractivity contribution in [2.75, 3.05) is 0 Å². The van der Waals surface area contributed by atoms with Crippen LogP contribution in [0.25, 0.3) is 0 Å². The van der Waals surface area contributed by atoms with E-state index in [2.05, 4.69) is 0 Å². The minimum atomic E-state index is -3.49. The van der Waals surface area contributed by atoms with Crippen molar-refractivity contribution < 1.29 is 17.7 Å². The van der Waals surface area contributed by atoms with Gasteiger partial charge in [-0.25, -0.2) is 8.42 Å². The fourth-order valence-corrected chi connectivity index (χ4v) is 5.13. The zero-order chi connectivity index (χ0) is 18.1. The van der Waals surface area contributed by atoms with Crippen LogP contribution in [0, 0.1) is 0 Å². The molecule has 5 nitrogen and oxygen atoms in total. The summed E-state index contributed by atoms with van der Waals surface area (Å²) in [5.74, 6) is 0. The molecular formula is C17H26BNO4S. The summed E-state index contributed by atoms with van der Waals surface area (Å²) in [6, 6.07) is 5.34. The van der Waals surface area contributed by atoms with E-state index >= 15 is 0 Å². The number of fused-ring (bicyclic) bond motifs is 1. The SMILES string of the molecule is CC(C)(C)N1Cc2c(B3OC(C)(C)C(C)(C)O3)cccc2S1(=O)=O. The lowest BCUT2D eigenvalue weighted by molar-refractivity contribution is 0.00578. The van der Waals surface area contributed by atoms with E-state index in [1.165, 1.54) is 0 Å². The van der Waals surface area contributed by atoms with Gasteiger partial charge in [0.2, 0.25) is 10.0 Å². The highest BCUT2D eigenvalue weighted by molar-refractivity contribution is 7.89. The monoisotopic (exact) mass is 351 g/mol. The Bertz CT molecular complexity index is 764. The van der Waals surface area contributed by atoms with Crippen LogP contribution in [0.4, 0.5) is 0 Å². The molecule has 3 rings (SSSR count). The number of rotatable bonds is 1. The van der Waals surface area contributed by atoms with Gasteiger partial charge in [-0.1, -0.05) is 12.1 Å². The van der Waals surface area contributed by atoms with Crippen molar-refractivity contribution >= 4 is 22.6 Å². The summed E-state index contributed by atoms with van der Waals surface area (Å²) in [4.78, 5) is 0.365. The van der Waals surface area contributed by atoms with Gasteiger partial charge < -0.3 is 9.31 Å². The van der Waals surface area contributed by atoms with Crippen molar-refractivity contribution in [2.45, 2.75) is 76.6 Å². The number of benzene rings is 1. The maximum atomic E-state index is 12.9. The Kier molecular flexibility index (Phi) is 3.78. The first-order chi connectivity index (χ1) is 10.8. The second-order valence-corrected chi connectivity index (χ2v) is 10.4. The average Bonchev–Trinajstić information content (AvgIpc) is 2.80. The lowest BCUT2D eigenvalue weighted by Gasteiger charge is -2.32. The van der Waals surface area contributed by atoms with E-state index in [0.29, 0.717) is 11.4 Å². The van der Waals surface area contributed by atoms with Crippen molar-refractivity contribution in [3.8, 4) is 0 Å². The van der Waals surface area contributed by atoms with Crippen LogP contribution >= 0.6 is 0 Å². The van der Waals surface area contributed by atoms with E-state index in [9.17, 15) is 8.42 Å². The Balaban J connectivity index is 2.07. The molecule has 1 aromatic carbocycles. The summed E-state index contributed by atoms with van der Waals surface area (Å²) >= 11 is 0. The second kappa shape index (κ2) is 5.07. The fourth-order valence-electron chi connectivity index (χ4n) is 3.13. The van der Waals surface area contributed by atoms with Crippen LogP contribution in [-0.4, -0.2) is 36.6 Å². The van der Waals surface area contributed by atoms with E-state index in [1.54, 1.807) is 16.4 Å². The van der Waals surface area contributed by atoms with E-state index in [-0.39, 0.29) is 0 Å². The minimum absolute atomic E-state index is 0.349. The topological polar surface area (TPSA) is 55.8 Å². The number of sulfonamides is 1. The standard InChI is InChI=1S/C17H26BNO4S/c1-15(2,3)19-11-12-13(9-8-10-14(12)24(19,20)21)18-22-16(4,5)17(6,7)23-18/h8-10H,11H2,1-7H3. The summed E-state index contributed by atoms with van der Waals surface area (Å²) in [5, 5.41) is 0. The molecule has 0 saturated carbocycles. The molecule has 24 heavy (non-hydrogen) atoms. The third-order valence-electron chi connectivity index (χ3n) is 5.29. The first-order valence-corrected chi connectivity index (χ1v) is 9.72. The Morgan fingerprint density at radius 1 is 1.08 bits per heavy atom. The lowest BCUT2D eigenvalue weighted by Crippen LogP contribution is -2.42. The first kappa shape index (κ1) is 17.9. The summed E-state index contributed by atoms with van der Waals surface area (Å²) < 4.78 is 39.6. The van der Waals surface area contributed by atoms with Crippen LogP contribution < -0.4 is 5.46 Å². The van der Waals surface area contributed by atoms with Crippen LogP contribution in [0.3, 0.4) is 0 Å². The van der Waals surface area contributed by atoms with Gasteiger partial charge in [-0.3, -0.25) is 0 Å². The fraction of sp³-hybridized carbons (Fsp3) is 0.647. The molecular weight excluding hydrogens is 325 g/mol. The van der Waals surface area contributed by atoms with Gasteiger partial charge in [0, 0.05) is 12.1 Å². The van der Waals surface area contributed by atoms with Crippen molar-refractivity contribution in [1.82, 2.24) is 4.31 Å². The zero-order valence-electron chi connectivity index (χ0n) is 15.5. The number of hydrogen-bond acceptors (Lipinski definition) is 4. The first-order valence-electron chi connectivity index (χ1n) is 8.28. The lowest BCUT2D eigenvalue weighted by atomic mass is 9.76. The van der Waals surface area contributed by atoms with Gasteiger partial charge in [-0.05, 0) is 65.6 Å². The van der Waals surface area contributed by atoms with Crippen molar-refractivity contribution in [3.05, 3.63) is 23.8 Å². The Labute approximate surface area is 145 Å². The molecule has 1 aromatic rings. The van der Waals surface area contributed by atoms with Crippen molar-refractivity contribution in [1.29, 1.82) is 0 Å². The number of nitrogens with zero attached hydrogens (tertiary/aromatic N) is 1. The van der Waals surface area contributed by atoms with Gasteiger partial charge in [-0.15, -0.1) is 0 Å². The Morgan fingerprint density at radius 3 is 2.12 bits per heavy atom. The highest BCUT2D eigenvalue weighted by Gasteiger charge is 2.53. The molecule has 2 aliphatic rings. The third-order valence-corrected chi connectivity index (χ3v) is 7.49. The Hall–Kier alpha value is -0.885. The molecule has 2 aliphatic heterocycles. The summed E-state index contributed by atoms with van der Waals surface area (Å²) in [5.41, 5.74) is 0.196. The normalized spacial score (nSPS) is 25.0. The summed E-state index contributed by atoms with van der Waals surface area (Å²) in [6.07, 6.45) is 0. The average molecular weight is 351 g/mol. The van der Waals surface area contributed by atoms with Gasteiger partial charge in [0.05, 0.1) is 16.1 Å². The van der Waals surface area contributed by atoms with E-state index in [1.807, 2.05) is 54.5 Å². The molecule has 7 heteroatoms. The molecule has 0 aliphatic carbocycles. The molecule has 0 spiro atoms. The van der Waals surface area contributed by atoms with Gasteiger partial charge >= 0.3 is 7.12 Å². The van der Waals surface area contributed by atoms with E-state index < -0.39 is 33.9 Å².